The number of hydrogen-bond acceptors (Lipinski definition) is 7. The van der Waals surface area contributed by atoms with Gasteiger partial charge in [0.1, 0.15) is 11.9 Å². The molecule has 1 saturated heterocycles. The van der Waals surface area contributed by atoms with Crippen molar-refractivity contribution in [3.8, 4) is 22.7 Å². The molecule has 3 aromatic rings. The van der Waals surface area contributed by atoms with Gasteiger partial charge < -0.3 is 15.3 Å². The fraction of sp³-hybridized carbons (Fsp3) is 0.300. The molecule has 2 bridgehead atoms. The zero-order valence-corrected chi connectivity index (χ0v) is 15.7. The van der Waals surface area contributed by atoms with Crippen LogP contribution in [0.2, 0.25) is 0 Å². The van der Waals surface area contributed by atoms with Crippen molar-refractivity contribution in [3.63, 3.8) is 0 Å². The Morgan fingerprint density at radius 2 is 2.10 bits per heavy atom. The molecule has 5 rings (SSSR count). The molecule has 2 aliphatic heterocycles. The van der Waals surface area contributed by atoms with E-state index in [9.17, 15) is 9.50 Å². The molecule has 29 heavy (non-hydrogen) atoms. The van der Waals surface area contributed by atoms with Gasteiger partial charge in [-0.1, -0.05) is 17.4 Å². The molecular weight excluding hydrogens is 373 g/mol. The Bertz CT molecular complexity index is 1040. The summed E-state index contributed by atoms with van der Waals surface area (Å²) in [4.78, 5) is 1.85. The van der Waals surface area contributed by atoms with Crippen LogP contribution in [0, 0.1) is 0 Å². The van der Waals surface area contributed by atoms with Crippen LogP contribution in [0.5, 0.6) is 5.75 Å². The predicted octanol–water partition coefficient (Wildman–Crippen LogP) is 1.87. The number of aromatic hydroxyl groups is 1. The third kappa shape index (κ3) is 3.13. The molecule has 1 aromatic carbocycles. The van der Waals surface area contributed by atoms with Crippen LogP contribution in [0.25, 0.3) is 16.9 Å². The number of nitrogens with zero attached hydrogens (tertiary/aromatic N) is 6. The lowest BCUT2D eigenvalue weighted by atomic mass is 9.95. The van der Waals surface area contributed by atoms with Gasteiger partial charge in [-0.3, -0.25) is 0 Å². The number of phenols is 1. The predicted molar refractivity (Wildman–Crippen MR) is 106 cm³/mol. The van der Waals surface area contributed by atoms with Crippen LogP contribution >= 0.6 is 0 Å². The SMILES string of the molecule is CN(c1ccc(-c2ccc(-n3ccnn3)cc2O)nn1)[C@H]1CC2C=CC(N2)[C@@H]1F. The van der Waals surface area contributed by atoms with Gasteiger partial charge in [0.15, 0.2) is 5.82 Å². The Morgan fingerprint density at radius 1 is 1.21 bits per heavy atom. The number of phenolic OH excluding ortho intramolecular Hbond substituents is 1. The smallest absolute Gasteiger partial charge is 0.151 e. The number of piperidine rings is 1. The van der Waals surface area contributed by atoms with Crippen molar-refractivity contribution in [2.75, 3.05) is 11.9 Å². The van der Waals surface area contributed by atoms with E-state index in [2.05, 4.69) is 25.8 Å². The molecule has 0 aliphatic carbocycles. The van der Waals surface area contributed by atoms with E-state index in [0.29, 0.717) is 29.2 Å². The van der Waals surface area contributed by atoms with E-state index in [1.807, 2.05) is 30.2 Å². The van der Waals surface area contributed by atoms with E-state index in [4.69, 9.17) is 0 Å². The molecule has 0 spiro atoms. The number of fused-ring (bicyclic) bond motifs is 2. The monoisotopic (exact) mass is 393 g/mol. The molecule has 9 heteroatoms. The summed E-state index contributed by atoms with van der Waals surface area (Å²) in [7, 11) is 1.84. The minimum atomic E-state index is -1.01. The Balaban J connectivity index is 1.36. The van der Waals surface area contributed by atoms with E-state index in [0.717, 1.165) is 0 Å². The van der Waals surface area contributed by atoms with Crippen molar-refractivity contribution in [1.82, 2.24) is 30.5 Å². The number of halogens is 1. The summed E-state index contributed by atoms with van der Waals surface area (Å²) in [6, 6.07) is 8.45. The maximum atomic E-state index is 14.8. The van der Waals surface area contributed by atoms with E-state index < -0.39 is 6.17 Å². The molecule has 0 amide bonds. The molecular formula is C20H20FN7O. The van der Waals surface area contributed by atoms with Gasteiger partial charge in [-0.25, -0.2) is 9.07 Å². The molecule has 2 unspecified atom stereocenters. The number of nitrogens with one attached hydrogen (secondary N) is 1. The lowest BCUT2D eigenvalue weighted by Crippen LogP contribution is -2.56. The minimum Gasteiger partial charge on any atom is -0.507 e. The average Bonchev–Trinajstić information content (AvgIpc) is 3.41. The normalized spacial score (nSPS) is 25.3. The van der Waals surface area contributed by atoms with Gasteiger partial charge in [0, 0.05) is 24.7 Å². The quantitative estimate of drug-likeness (QED) is 0.654. The third-order valence-electron chi connectivity index (χ3n) is 5.62. The second kappa shape index (κ2) is 6.93. The van der Waals surface area contributed by atoms with Crippen molar-refractivity contribution in [2.45, 2.75) is 30.7 Å². The van der Waals surface area contributed by atoms with Crippen molar-refractivity contribution >= 4 is 5.82 Å². The first kappa shape index (κ1) is 17.7. The molecule has 8 nitrogen and oxygen atoms in total. The molecule has 4 heterocycles. The number of rotatable bonds is 4. The Labute approximate surface area is 166 Å². The molecule has 2 N–H and O–H groups in total. The molecule has 148 valence electrons. The Hall–Kier alpha value is -3.33. The average molecular weight is 393 g/mol. The summed E-state index contributed by atoms with van der Waals surface area (Å²) in [5.74, 6) is 0.666. The summed E-state index contributed by atoms with van der Waals surface area (Å²) in [6.07, 6.45) is 6.87. The van der Waals surface area contributed by atoms with Gasteiger partial charge in [0.25, 0.3) is 0 Å². The van der Waals surface area contributed by atoms with Gasteiger partial charge in [0.05, 0.1) is 35.9 Å². The van der Waals surface area contributed by atoms with Crippen LogP contribution in [0.1, 0.15) is 6.42 Å². The maximum absolute atomic E-state index is 14.8. The summed E-state index contributed by atoms with van der Waals surface area (Å²) in [5.41, 5.74) is 1.79. The minimum absolute atomic E-state index is 0.0678. The first-order valence-electron chi connectivity index (χ1n) is 9.45. The van der Waals surface area contributed by atoms with Gasteiger partial charge in [-0.05, 0) is 30.7 Å². The van der Waals surface area contributed by atoms with E-state index in [1.54, 1.807) is 41.3 Å². The highest BCUT2D eigenvalue weighted by Gasteiger charge is 2.41. The van der Waals surface area contributed by atoms with E-state index in [-0.39, 0.29) is 23.9 Å². The third-order valence-corrected chi connectivity index (χ3v) is 5.62. The topological polar surface area (TPSA) is 92.0 Å². The lowest BCUT2D eigenvalue weighted by Gasteiger charge is -2.38. The number of alkyl halides is 1. The number of benzene rings is 1. The molecule has 2 aliphatic rings. The molecule has 0 radical (unpaired) electrons. The highest BCUT2D eigenvalue weighted by atomic mass is 19.1. The fourth-order valence-corrected chi connectivity index (χ4v) is 4.01. The number of hydrogen-bond donors (Lipinski definition) is 2. The van der Waals surface area contributed by atoms with E-state index >= 15 is 0 Å². The fourth-order valence-electron chi connectivity index (χ4n) is 4.01. The highest BCUT2D eigenvalue weighted by Crippen LogP contribution is 2.32. The highest BCUT2D eigenvalue weighted by molar-refractivity contribution is 5.69. The van der Waals surface area contributed by atoms with Crippen LogP contribution in [0.4, 0.5) is 10.2 Å². The Kier molecular flexibility index (Phi) is 4.24. The molecule has 2 aromatic heterocycles. The standard InChI is InChI=1S/C20H20FN7O/c1-27(17-10-12-2-5-16(23-12)20(17)21)19-7-6-15(24-25-19)14-4-3-13(11-18(14)29)28-9-8-22-26-28/h2-9,11-12,16-17,20,23,29H,10H2,1H3/t12?,16?,17-,20-/m0/s1. The van der Waals surface area contributed by atoms with Crippen molar-refractivity contribution in [3.05, 3.63) is 54.9 Å². The van der Waals surface area contributed by atoms with Gasteiger partial charge in [-0.15, -0.1) is 15.3 Å². The first-order valence-corrected chi connectivity index (χ1v) is 9.45. The zero-order valence-electron chi connectivity index (χ0n) is 15.7. The number of anilines is 1. The van der Waals surface area contributed by atoms with Gasteiger partial charge in [-0.2, -0.15) is 0 Å². The summed E-state index contributed by atoms with van der Waals surface area (Å²) in [6.45, 7) is 0. The molecule has 1 fully saturated rings. The van der Waals surface area contributed by atoms with Crippen LogP contribution in [-0.2, 0) is 0 Å². The summed E-state index contributed by atoms with van der Waals surface area (Å²) >= 11 is 0. The van der Waals surface area contributed by atoms with Crippen LogP contribution in [-0.4, -0.2) is 61.6 Å². The molecule has 0 saturated carbocycles. The summed E-state index contributed by atoms with van der Waals surface area (Å²) < 4.78 is 16.3. The van der Waals surface area contributed by atoms with Crippen LogP contribution < -0.4 is 10.2 Å². The second-order valence-corrected chi connectivity index (χ2v) is 7.37. The second-order valence-electron chi connectivity index (χ2n) is 7.37. The van der Waals surface area contributed by atoms with E-state index in [1.165, 1.54) is 0 Å². The van der Waals surface area contributed by atoms with Crippen LogP contribution in [0.3, 0.4) is 0 Å². The van der Waals surface area contributed by atoms with Gasteiger partial charge in [0.2, 0.25) is 0 Å². The van der Waals surface area contributed by atoms with Gasteiger partial charge >= 0.3 is 0 Å². The van der Waals surface area contributed by atoms with Crippen molar-refractivity contribution in [1.29, 1.82) is 0 Å². The first-order chi connectivity index (χ1) is 14.1. The lowest BCUT2D eigenvalue weighted by molar-refractivity contribution is 0.187. The maximum Gasteiger partial charge on any atom is 0.151 e. The van der Waals surface area contributed by atoms with Crippen molar-refractivity contribution in [2.24, 2.45) is 0 Å². The summed E-state index contributed by atoms with van der Waals surface area (Å²) in [5, 5.41) is 29.9. The zero-order chi connectivity index (χ0) is 20.0. The molecule has 4 atom stereocenters. The van der Waals surface area contributed by atoms with Crippen LogP contribution in [0.15, 0.2) is 54.9 Å². The largest absolute Gasteiger partial charge is 0.507 e. The number of aromatic nitrogens is 5. The Morgan fingerprint density at radius 3 is 2.83 bits per heavy atom. The van der Waals surface area contributed by atoms with Crippen molar-refractivity contribution < 1.29 is 9.50 Å².